The summed E-state index contributed by atoms with van der Waals surface area (Å²) in [6.07, 6.45) is 0.648. The molecular weight excluding hydrogens is 329 g/mol. The molecule has 0 aliphatic carbocycles. The molecule has 0 saturated heterocycles. The Balaban J connectivity index is 1.83. The van der Waals surface area contributed by atoms with E-state index in [1.54, 1.807) is 6.07 Å². The zero-order valence-corrected chi connectivity index (χ0v) is 14.5. The first-order chi connectivity index (χ1) is 12.7. The predicted molar refractivity (Wildman–Crippen MR) is 99.7 cm³/mol. The van der Waals surface area contributed by atoms with E-state index in [-0.39, 0.29) is 23.3 Å². The molecule has 0 radical (unpaired) electrons. The zero-order valence-electron chi connectivity index (χ0n) is 14.5. The number of nitrogens with one attached hydrogen (secondary N) is 1. The van der Waals surface area contributed by atoms with Gasteiger partial charge in [0.2, 0.25) is 0 Å². The van der Waals surface area contributed by atoms with E-state index in [1.165, 1.54) is 19.2 Å². The third-order valence-electron chi connectivity index (χ3n) is 4.20. The molecule has 0 bridgehead atoms. The van der Waals surface area contributed by atoms with Crippen LogP contribution in [0.3, 0.4) is 0 Å². The van der Waals surface area contributed by atoms with Gasteiger partial charge in [0.15, 0.2) is 11.6 Å². The molecule has 0 aliphatic heterocycles. The molecule has 132 valence electrons. The van der Waals surface area contributed by atoms with Gasteiger partial charge in [0.25, 0.3) is 5.91 Å². The van der Waals surface area contributed by atoms with Gasteiger partial charge in [-0.05, 0) is 35.7 Å². The van der Waals surface area contributed by atoms with Crippen LogP contribution >= 0.6 is 0 Å². The SMILES string of the molecule is COc1ccc(C(=O)NC(Cc2ccccc2)c2ccccc2)cc1F. The highest BCUT2D eigenvalue weighted by molar-refractivity contribution is 5.94. The van der Waals surface area contributed by atoms with Crippen molar-refractivity contribution in [3.63, 3.8) is 0 Å². The van der Waals surface area contributed by atoms with Crippen molar-refractivity contribution >= 4 is 5.91 Å². The van der Waals surface area contributed by atoms with Gasteiger partial charge in [-0.2, -0.15) is 0 Å². The summed E-state index contributed by atoms with van der Waals surface area (Å²) in [6.45, 7) is 0. The van der Waals surface area contributed by atoms with Crippen LogP contribution in [0.15, 0.2) is 78.9 Å². The molecule has 0 saturated carbocycles. The van der Waals surface area contributed by atoms with Crippen LogP contribution in [-0.2, 0) is 6.42 Å². The van der Waals surface area contributed by atoms with E-state index in [1.807, 2.05) is 60.7 Å². The van der Waals surface area contributed by atoms with Gasteiger partial charge in [-0.15, -0.1) is 0 Å². The normalized spacial score (nSPS) is 11.6. The van der Waals surface area contributed by atoms with E-state index in [0.717, 1.165) is 11.1 Å². The standard InChI is InChI=1S/C22H20FNO2/c1-26-21-13-12-18(15-19(21)23)22(25)24-20(17-10-6-3-7-11-17)14-16-8-4-2-5-9-16/h2-13,15,20H,14H2,1H3,(H,24,25). The number of benzene rings is 3. The quantitative estimate of drug-likeness (QED) is 0.709. The lowest BCUT2D eigenvalue weighted by atomic mass is 9.98. The lowest BCUT2D eigenvalue weighted by molar-refractivity contribution is 0.0936. The van der Waals surface area contributed by atoms with Crippen molar-refractivity contribution in [3.05, 3.63) is 101 Å². The minimum atomic E-state index is -0.556. The molecule has 3 aromatic rings. The minimum Gasteiger partial charge on any atom is -0.494 e. The maximum absolute atomic E-state index is 13.9. The molecule has 0 spiro atoms. The van der Waals surface area contributed by atoms with Crippen molar-refractivity contribution in [2.75, 3.05) is 7.11 Å². The van der Waals surface area contributed by atoms with Gasteiger partial charge < -0.3 is 10.1 Å². The van der Waals surface area contributed by atoms with E-state index in [0.29, 0.717) is 6.42 Å². The van der Waals surface area contributed by atoms with Crippen molar-refractivity contribution in [1.82, 2.24) is 5.32 Å². The summed E-state index contributed by atoms with van der Waals surface area (Å²) in [7, 11) is 1.39. The molecule has 1 atom stereocenters. The van der Waals surface area contributed by atoms with Crippen LogP contribution in [0.2, 0.25) is 0 Å². The number of ether oxygens (including phenoxy) is 1. The fourth-order valence-electron chi connectivity index (χ4n) is 2.84. The zero-order chi connectivity index (χ0) is 18.4. The van der Waals surface area contributed by atoms with Crippen LogP contribution in [0.1, 0.15) is 27.5 Å². The summed E-state index contributed by atoms with van der Waals surface area (Å²) in [5, 5.41) is 3.02. The van der Waals surface area contributed by atoms with Gasteiger partial charge in [0, 0.05) is 5.56 Å². The third-order valence-corrected chi connectivity index (χ3v) is 4.20. The summed E-state index contributed by atoms with van der Waals surface area (Å²) in [4.78, 5) is 12.7. The van der Waals surface area contributed by atoms with Crippen molar-refractivity contribution in [1.29, 1.82) is 0 Å². The van der Waals surface area contributed by atoms with Gasteiger partial charge in [-0.3, -0.25) is 4.79 Å². The topological polar surface area (TPSA) is 38.3 Å². The van der Waals surface area contributed by atoms with Crippen molar-refractivity contribution in [3.8, 4) is 5.75 Å². The number of hydrogen-bond acceptors (Lipinski definition) is 2. The number of halogens is 1. The molecule has 0 aliphatic rings. The minimum absolute atomic E-state index is 0.116. The third kappa shape index (κ3) is 4.28. The fraction of sp³-hybridized carbons (Fsp3) is 0.136. The predicted octanol–water partition coefficient (Wildman–Crippen LogP) is 4.55. The summed E-state index contributed by atoms with van der Waals surface area (Å²) in [5.74, 6) is -0.763. The van der Waals surface area contributed by atoms with Gasteiger partial charge in [-0.25, -0.2) is 4.39 Å². The Morgan fingerprint density at radius 3 is 2.27 bits per heavy atom. The lowest BCUT2D eigenvalue weighted by Gasteiger charge is -2.20. The Bertz CT molecular complexity index is 866. The van der Waals surface area contributed by atoms with Gasteiger partial charge in [0.1, 0.15) is 0 Å². The molecule has 3 aromatic carbocycles. The average molecular weight is 349 g/mol. The second kappa shape index (κ2) is 8.30. The molecule has 3 nitrogen and oxygen atoms in total. The second-order valence-electron chi connectivity index (χ2n) is 5.98. The highest BCUT2D eigenvalue weighted by atomic mass is 19.1. The Labute approximate surface area is 152 Å². The Morgan fingerprint density at radius 1 is 1.00 bits per heavy atom. The van der Waals surface area contributed by atoms with Gasteiger partial charge in [0.05, 0.1) is 13.2 Å². The molecule has 1 N–H and O–H groups in total. The summed E-state index contributed by atoms with van der Waals surface area (Å²) < 4.78 is 18.8. The number of methoxy groups -OCH3 is 1. The molecule has 26 heavy (non-hydrogen) atoms. The lowest BCUT2D eigenvalue weighted by Crippen LogP contribution is -2.30. The molecular formula is C22H20FNO2. The largest absolute Gasteiger partial charge is 0.494 e. The molecule has 1 unspecified atom stereocenters. The van der Waals surface area contributed by atoms with E-state index in [9.17, 15) is 9.18 Å². The van der Waals surface area contributed by atoms with Crippen LogP contribution in [-0.4, -0.2) is 13.0 Å². The smallest absolute Gasteiger partial charge is 0.251 e. The van der Waals surface area contributed by atoms with Crippen LogP contribution in [0.4, 0.5) is 4.39 Å². The number of hydrogen-bond donors (Lipinski definition) is 1. The summed E-state index contributed by atoms with van der Waals surface area (Å²) >= 11 is 0. The van der Waals surface area contributed by atoms with Crippen LogP contribution in [0, 0.1) is 5.82 Å². The highest BCUT2D eigenvalue weighted by Gasteiger charge is 2.17. The summed E-state index contributed by atoms with van der Waals surface area (Å²) in [5.41, 5.74) is 2.37. The first-order valence-corrected chi connectivity index (χ1v) is 8.40. The van der Waals surface area contributed by atoms with Crippen LogP contribution in [0.25, 0.3) is 0 Å². The highest BCUT2D eigenvalue weighted by Crippen LogP contribution is 2.21. The fourth-order valence-corrected chi connectivity index (χ4v) is 2.84. The monoisotopic (exact) mass is 349 g/mol. The van der Waals surface area contributed by atoms with Crippen molar-refractivity contribution in [2.24, 2.45) is 0 Å². The Kier molecular flexibility index (Phi) is 5.64. The Hall–Kier alpha value is -3.14. The number of amides is 1. The molecule has 0 fully saturated rings. The van der Waals surface area contributed by atoms with E-state index in [2.05, 4.69) is 5.32 Å². The Morgan fingerprint density at radius 2 is 1.65 bits per heavy atom. The first kappa shape index (κ1) is 17.7. The molecule has 4 heteroatoms. The molecule has 1 amide bonds. The molecule has 0 aromatic heterocycles. The van der Waals surface area contributed by atoms with Gasteiger partial charge >= 0.3 is 0 Å². The van der Waals surface area contributed by atoms with Crippen LogP contribution < -0.4 is 10.1 Å². The first-order valence-electron chi connectivity index (χ1n) is 8.40. The van der Waals surface area contributed by atoms with Crippen LogP contribution in [0.5, 0.6) is 5.75 Å². The molecule has 0 heterocycles. The van der Waals surface area contributed by atoms with E-state index >= 15 is 0 Å². The maximum Gasteiger partial charge on any atom is 0.251 e. The number of carbonyl (C=O) groups excluding carboxylic acids is 1. The van der Waals surface area contributed by atoms with E-state index in [4.69, 9.17) is 4.74 Å². The maximum atomic E-state index is 13.9. The number of rotatable bonds is 6. The van der Waals surface area contributed by atoms with Crippen molar-refractivity contribution in [2.45, 2.75) is 12.5 Å². The van der Waals surface area contributed by atoms with Crippen molar-refractivity contribution < 1.29 is 13.9 Å². The van der Waals surface area contributed by atoms with Gasteiger partial charge in [-0.1, -0.05) is 60.7 Å². The second-order valence-corrected chi connectivity index (χ2v) is 5.98. The summed E-state index contributed by atoms with van der Waals surface area (Å²) in [6, 6.07) is 23.7. The molecule has 3 rings (SSSR count). The average Bonchev–Trinajstić information content (AvgIpc) is 2.69. The number of carbonyl (C=O) groups is 1. The van der Waals surface area contributed by atoms with E-state index < -0.39 is 5.82 Å².